The highest BCUT2D eigenvalue weighted by atomic mass is 16.3. The van der Waals surface area contributed by atoms with Crippen molar-refractivity contribution in [2.24, 2.45) is 11.8 Å². The summed E-state index contributed by atoms with van der Waals surface area (Å²) in [5.41, 5.74) is -0.142. The fourth-order valence-electron chi connectivity index (χ4n) is 3.04. The minimum Gasteiger partial charge on any atom is -0.389 e. The normalized spacial score (nSPS) is 33.4. The van der Waals surface area contributed by atoms with E-state index in [1.54, 1.807) is 6.92 Å². The van der Waals surface area contributed by atoms with Gasteiger partial charge >= 0.3 is 0 Å². The molecule has 1 aliphatic rings. The second-order valence-electron chi connectivity index (χ2n) is 5.43. The van der Waals surface area contributed by atoms with E-state index in [1.165, 1.54) is 0 Å². The topological polar surface area (TPSA) is 37.3 Å². The van der Waals surface area contributed by atoms with E-state index in [4.69, 9.17) is 0 Å². The van der Waals surface area contributed by atoms with Crippen molar-refractivity contribution in [1.29, 1.82) is 0 Å². The van der Waals surface area contributed by atoms with Gasteiger partial charge in [-0.1, -0.05) is 43.7 Å². The quantitative estimate of drug-likeness (QED) is 0.796. The van der Waals surface area contributed by atoms with Crippen LogP contribution in [0.4, 0.5) is 0 Å². The fourth-order valence-corrected chi connectivity index (χ4v) is 3.04. The summed E-state index contributed by atoms with van der Waals surface area (Å²) in [4.78, 5) is 12.5. The maximum Gasteiger partial charge on any atom is 0.169 e. The number of carbonyl (C=O) groups excluding carboxylic acids is 1. The standard InChI is InChI=1S/C15H20O2/c1-11-7-6-10-15(2,17)13(11)14(16)12-8-4-3-5-9-12/h3-5,8-9,11,13,17H,6-7,10H2,1-2H3/t11-,13-,15-/m0/s1. The molecule has 0 bridgehead atoms. The molecule has 0 aliphatic heterocycles. The third-order valence-corrected chi connectivity index (χ3v) is 3.92. The lowest BCUT2D eigenvalue weighted by molar-refractivity contribution is -0.0411. The molecule has 0 heterocycles. The molecule has 1 fully saturated rings. The van der Waals surface area contributed by atoms with Crippen LogP contribution in [0.3, 0.4) is 0 Å². The Kier molecular flexibility index (Phi) is 3.34. The Morgan fingerprint density at radius 1 is 1.35 bits per heavy atom. The lowest BCUT2D eigenvalue weighted by atomic mass is 9.67. The molecule has 0 unspecified atom stereocenters. The van der Waals surface area contributed by atoms with Crippen molar-refractivity contribution in [2.75, 3.05) is 0 Å². The van der Waals surface area contributed by atoms with E-state index in [0.29, 0.717) is 5.56 Å². The van der Waals surface area contributed by atoms with Gasteiger partial charge in [0, 0.05) is 5.56 Å². The summed E-state index contributed by atoms with van der Waals surface area (Å²) in [6.07, 6.45) is 2.76. The van der Waals surface area contributed by atoms with Crippen molar-refractivity contribution < 1.29 is 9.90 Å². The molecule has 0 spiro atoms. The summed E-state index contributed by atoms with van der Waals surface area (Å²) in [5, 5.41) is 10.4. The average molecular weight is 232 g/mol. The number of Topliss-reactive ketones (excluding diaryl/α,β-unsaturated/α-hetero) is 1. The Morgan fingerprint density at radius 3 is 2.59 bits per heavy atom. The van der Waals surface area contributed by atoms with Crippen LogP contribution in [0.5, 0.6) is 0 Å². The number of rotatable bonds is 2. The largest absolute Gasteiger partial charge is 0.389 e. The minimum absolute atomic E-state index is 0.0859. The first-order valence-electron chi connectivity index (χ1n) is 6.34. The Hall–Kier alpha value is -1.15. The molecule has 1 aromatic rings. The zero-order chi connectivity index (χ0) is 12.5. The van der Waals surface area contributed by atoms with Crippen LogP contribution in [0.1, 0.15) is 43.5 Å². The lowest BCUT2D eigenvalue weighted by Crippen LogP contribution is -2.46. The average Bonchev–Trinajstić information content (AvgIpc) is 2.28. The number of hydrogen-bond donors (Lipinski definition) is 1. The highest BCUT2D eigenvalue weighted by molar-refractivity contribution is 5.98. The number of hydrogen-bond acceptors (Lipinski definition) is 2. The first kappa shape index (κ1) is 12.3. The molecule has 0 saturated heterocycles. The van der Waals surface area contributed by atoms with Crippen LogP contribution in [0.25, 0.3) is 0 Å². The van der Waals surface area contributed by atoms with Gasteiger partial charge in [-0.2, -0.15) is 0 Å². The van der Waals surface area contributed by atoms with Gasteiger partial charge in [-0.15, -0.1) is 0 Å². The van der Waals surface area contributed by atoms with E-state index >= 15 is 0 Å². The van der Waals surface area contributed by atoms with Crippen LogP contribution in [-0.4, -0.2) is 16.5 Å². The summed E-state index contributed by atoms with van der Waals surface area (Å²) in [6.45, 7) is 3.87. The molecule has 1 aliphatic carbocycles. The molecule has 2 rings (SSSR count). The molecule has 1 N–H and O–H groups in total. The van der Waals surface area contributed by atoms with E-state index in [9.17, 15) is 9.90 Å². The highest BCUT2D eigenvalue weighted by Crippen LogP contribution is 2.39. The molecular weight excluding hydrogens is 212 g/mol. The van der Waals surface area contributed by atoms with Crippen LogP contribution in [0.2, 0.25) is 0 Å². The molecule has 92 valence electrons. The molecule has 0 radical (unpaired) electrons. The highest BCUT2D eigenvalue weighted by Gasteiger charge is 2.43. The van der Waals surface area contributed by atoms with Crippen LogP contribution in [-0.2, 0) is 0 Å². The predicted octanol–water partition coefficient (Wildman–Crippen LogP) is 3.06. The number of ketones is 1. The van der Waals surface area contributed by atoms with E-state index < -0.39 is 5.60 Å². The molecule has 0 aromatic heterocycles. The van der Waals surface area contributed by atoms with Gasteiger partial charge in [0.15, 0.2) is 5.78 Å². The first-order valence-corrected chi connectivity index (χ1v) is 6.34. The van der Waals surface area contributed by atoms with Gasteiger partial charge in [0.25, 0.3) is 0 Å². The number of benzene rings is 1. The Bertz CT molecular complexity index is 395. The molecule has 1 saturated carbocycles. The lowest BCUT2D eigenvalue weighted by Gasteiger charge is -2.40. The van der Waals surface area contributed by atoms with Crippen molar-refractivity contribution in [3.05, 3.63) is 35.9 Å². The zero-order valence-corrected chi connectivity index (χ0v) is 10.5. The summed E-state index contributed by atoms with van der Waals surface area (Å²) in [6, 6.07) is 9.31. The second kappa shape index (κ2) is 4.61. The molecule has 3 atom stereocenters. The third-order valence-electron chi connectivity index (χ3n) is 3.92. The maximum atomic E-state index is 12.5. The summed E-state index contributed by atoms with van der Waals surface area (Å²) >= 11 is 0. The van der Waals surface area contributed by atoms with E-state index in [1.807, 2.05) is 30.3 Å². The van der Waals surface area contributed by atoms with E-state index in [2.05, 4.69) is 6.92 Å². The minimum atomic E-state index is -0.857. The Balaban J connectivity index is 2.28. The monoisotopic (exact) mass is 232 g/mol. The maximum absolute atomic E-state index is 12.5. The van der Waals surface area contributed by atoms with Crippen LogP contribution in [0, 0.1) is 11.8 Å². The summed E-state index contributed by atoms with van der Waals surface area (Å²) < 4.78 is 0. The second-order valence-corrected chi connectivity index (χ2v) is 5.43. The molecule has 1 aromatic carbocycles. The third kappa shape index (κ3) is 2.42. The smallest absolute Gasteiger partial charge is 0.169 e. The van der Waals surface area contributed by atoms with Gasteiger partial charge in [-0.05, 0) is 25.7 Å². The van der Waals surface area contributed by atoms with E-state index in [-0.39, 0.29) is 17.6 Å². The van der Waals surface area contributed by atoms with Crippen molar-refractivity contribution in [2.45, 2.75) is 38.7 Å². The van der Waals surface area contributed by atoms with E-state index in [0.717, 1.165) is 19.3 Å². The Labute approximate surface area is 103 Å². The van der Waals surface area contributed by atoms with Gasteiger partial charge in [-0.25, -0.2) is 0 Å². The predicted molar refractivity (Wildman–Crippen MR) is 67.9 cm³/mol. The van der Waals surface area contributed by atoms with Gasteiger partial charge in [-0.3, -0.25) is 4.79 Å². The summed E-state index contributed by atoms with van der Waals surface area (Å²) in [7, 11) is 0. The molecule has 2 nitrogen and oxygen atoms in total. The Morgan fingerprint density at radius 2 is 2.00 bits per heavy atom. The van der Waals surface area contributed by atoms with Crippen molar-refractivity contribution >= 4 is 5.78 Å². The molecular formula is C15H20O2. The van der Waals surface area contributed by atoms with Crippen LogP contribution < -0.4 is 0 Å². The zero-order valence-electron chi connectivity index (χ0n) is 10.5. The SMILES string of the molecule is C[C@H]1CCC[C@](C)(O)[C@@H]1C(=O)c1ccccc1. The van der Waals surface area contributed by atoms with Crippen molar-refractivity contribution in [3.63, 3.8) is 0 Å². The molecule has 2 heteroatoms. The van der Waals surface area contributed by atoms with Crippen LogP contribution in [0.15, 0.2) is 30.3 Å². The molecule has 17 heavy (non-hydrogen) atoms. The van der Waals surface area contributed by atoms with Gasteiger partial charge in [0.05, 0.1) is 11.5 Å². The van der Waals surface area contributed by atoms with Gasteiger partial charge in [0.1, 0.15) is 0 Å². The van der Waals surface area contributed by atoms with Crippen LogP contribution >= 0.6 is 0 Å². The first-order chi connectivity index (χ1) is 8.02. The number of aliphatic hydroxyl groups is 1. The molecule has 0 amide bonds. The van der Waals surface area contributed by atoms with Crippen molar-refractivity contribution in [3.8, 4) is 0 Å². The fraction of sp³-hybridized carbons (Fsp3) is 0.533. The van der Waals surface area contributed by atoms with Gasteiger partial charge in [0.2, 0.25) is 0 Å². The van der Waals surface area contributed by atoms with Gasteiger partial charge < -0.3 is 5.11 Å². The van der Waals surface area contributed by atoms with Crippen molar-refractivity contribution in [1.82, 2.24) is 0 Å². The summed E-state index contributed by atoms with van der Waals surface area (Å²) in [5.74, 6) is 0.0768. The number of carbonyl (C=O) groups is 1.